The van der Waals surface area contributed by atoms with Crippen LogP contribution >= 0.6 is 48.0 Å². The first kappa shape index (κ1) is 26.2. The number of aliphatic hydroxyl groups is 1. The standard InChI is InChI=1S/C21H26Cl2N2O2.2ClH/c1-15-10-20(11-16(2)21(15)23)27-14-19(26)13-24-6-8-25(9-7-24)18-5-3-4-17(22)12-18;;/h3-5,10-12,19,26H,6-9,13-14H2,1-2H3;2*1H. The second-order valence-corrected chi connectivity index (χ2v) is 7.92. The van der Waals surface area contributed by atoms with Crippen molar-refractivity contribution in [3.8, 4) is 5.75 Å². The van der Waals surface area contributed by atoms with Crippen molar-refractivity contribution >= 4 is 53.7 Å². The fraction of sp³-hybridized carbons (Fsp3) is 0.429. The van der Waals surface area contributed by atoms with Gasteiger partial charge in [0.2, 0.25) is 0 Å². The summed E-state index contributed by atoms with van der Waals surface area (Å²) in [5, 5.41) is 11.9. The van der Waals surface area contributed by atoms with Crippen LogP contribution in [0.2, 0.25) is 10.0 Å². The van der Waals surface area contributed by atoms with Crippen LogP contribution in [0.25, 0.3) is 0 Å². The zero-order valence-corrected chi connectivity index (χ0v) is 19.8. The van der Waals surface area contributed by atoms with Crippen molar-refractivity contribution < 1.29 is 9.84 Å². The normalized spacial score (nSPS) is 15.3. The van der Waals surface area contributed by atoms with Gasteiger partial charge in [-0.3, -0.25) is 4.90 Å². The van der Waals surface area contributed by atoms with Crippen molar-refractivity contribution in [2.75, 3.05) is 44.2 Å². The Labute approximate surface area is 195 Å². The molecular formula is C21H28Cl4N2O2. The number of anilines is 1. The molecular weight excluding hydrogens is 454 g/mol. The van der Waals surface area contributed by atoms with Gasteiger partial charge in [-0.05, 0) is 55.3 Å². The topological polar surface area (TPSA) is 35.9 Å². The molecule has 1 fully saturated rings. The van der Waals surface area contributed by atoms with Gasteiger partial charge >= 0.3 is 0 Å². The maximum Gasteiger partial charge on any atom is 0.120 e. The molecule has 1 saturated heterocycles. The van der Waals surface area contributed by atoms with Crippen molar-refractivity contribution in [1.29, 1.82) is 0 Å². The highest BCUT2D eigenvalue weighted by atomic mass is 35.5. The maximum atomic E-state index is 10.4. The van der Waals surface area contributed by atoms with E-state index >= 15 is 0 Å². The summed E-state index contributed by atoms with van der Waals surface area (Å²) in [6.45, 7) is 8.44. The molecule has 1 heterocycles. The van der Waals surface area contributed by atoms with Gasteiger partial charge in [0.05, 0.1) is 0 Å². The van der Waals surface area contributed by atoms with Gasteiger partial charge in [0.1, 0.15) is 18.5 Å². The quantitative estimate of drug-likeness (QED) is 0.628. The lowest BCUT2D eigenvalue weighted by Gasteiger charge is -2.36. The summed E-state index contributed by atoms with van der Waals surface area (Å²) >= 11 is 12.3. The Hall–Kier alpha value is -0.880. The highest BCUT2D eigenvalue weighted by Crippen LogP contribution is 2.26. The summed E-state index contributed by atoms with van der Waals surface area (Å²) in [4.78, 5) is 4.60. The summed E-state index contributed by atoms with van der Waals surface area (Å²) < 4.78 is 5.77. The molecule has 0 aliphatic carbocycles. The summed E-state index contributed by atoms with van der Waals surface area (Å²) in [5.41, 5.74) is 3.12. The fourth-order valence-electron chi connectivity index (χ4n) is 3.39. The van der Waals surface area contributed by atoms with E-state index in [9.17, 15) is 5.11 Å². The summed E-state index contributed by atoms with van der Waals surface area (Å²) in [6, 6.07) is 11.8. The van der Waals surface area contributed by atoms with Crippen LogP contribution in [0.15, 0.2) is 36.4 Å². The Bertz CT molecular complexity index is 760. The molecule has 1 N–H and O–H groups in total. The van der Waals surface area contributed by atoms with E-state index in [0.717, 1.165) is 58.8 Å². The van der Waals surface area contributed by atoms with Gasteiger partial charge < -0.3 is 14.7 Å². The molecule has 2 aromatic rings. The first-order valence-corrected chi connectivity index (χ1v) is 9.98. The van der Waals surface area contributed by atoms with Crippen LogP contribution in [0.5, 0.6) is 5.75 Å². The van der Waals surface area contributed by atoms with Crippen LogP contribution in [-0.4, -0.2) is 55.4 Å². The molecule has 1 atom stereocenters. The summed E-state index contributed by atoms with van der Waals surface area (Å²) in [6.07, 6.45) is -0.529. The van der Waals surface area contributed by atoms with Crippen LogP contribution in [0, 0.1) is 13.8 Å². The number of aryl methyl sites for hydroxylation is 2. The van der Waals surface area contributed by atoms with Gasteiger partial charge in [-0.2, -0.15) is 0 Å². The molecule has 0 spiro atoms. The van der Waals surface area contributed by atoms with Crippen LogP contribution in [0.3, 0.4) is 0 Å². The minimum absolute atomic E-state index is 0. The van der Waals surface area contributed by atoms with Crippen molar-refractivity contribution in [2.45, 2.75) is 20.0 Å². The fourth-order valence-corrected chi connectivity index (χ4v) is 3.69. The van der Waals surface area contributed by atoms with E-state index in [0.29, 0.717) is 6.54 Å². The van der Waals surface area contributed by atoms with Gasteiger partial charge in [-0.15, -0.1) is 24.8 Å². The Morgan fingerprint density at radius 3 is 2.21 bits per heavy atom. The van der Waals surface area contributed by atoms with Gasteiger partial charge in [-0.25, -0.2) is 0 Å². The third-order valence-corrected chi connectivity index (χ3v) is 5.70. The molecule has 1 aliphatic rings. The Morgan fingerprint density at radius 2 is 1.62 bits per heavy atom. The second-order valence-electron chi connectivity index (χ2n) is 7.10. The number of rotatable bonds is 6. The number of hydrogen-bond donors (Lipinski definition) is 1. The molecule has 0 bridgehead atoms. The lowest BCUT2D eigenvalue weighted by molar-refractivity contribution is 0.0663. The number of aliphatic hydroxyl groups excluding tert-OH is 1. The highest BCUT2D eigenvalue weighted by Gasteiger charge is 2.20. The van der Waals surface area contributed by atoms with Crippen LogP contribution in [0.4, 0.5) is 5.69 Å². The maximum absolute atomic E-state index is 10.4. The molecule has 8 heteroatoms. The van der Waals surface area contributed by atoms with Crippen LogP contribution in [0.1, 0.15) is 11.1 Å². The molecule has 162 valence electrons. The molecule has 0 amide bonds. The first-order chi connectivity index (χ1) is 12.9. The number of halogens is 4. The second kappa shape index (κ2) is 12.1. The molecule has 29 heavy (non-hydrogen) atoms. The SMILES string of the molecule is Cc1cc(OCC(O)CN2CCN(c3cccc(Cl)c3)CC2)cc(C)c1Cl.Cl.Cl. The molecule has 2 aromatic carbocycles. The molecule has 1 unspecified atom stereocenters. The van der Waals surface area contributed by atoms with E-state index in [1.165, 1.54) is 0 Å². The number of hydrogen-bond acceptors (Lipinski definition) is 4. The van der Waals surface area contributed by atoms with Crippen LogP contribution in [-0.2, 0) is 0 Å². The zero-order valence-electron chi connectivity index (χ0n) is 16.6. The number of nitrogens with zero attached hydrogens (tertiary/aromatic N) is 2. The van der Waals surface area contributed by atoms with Gasteiger partial charge in [0.25, 0.3) is 0 Å². The van der Waals surface area contributed by atoms with Gasteiger partial charge in [-0.1, -0.05) is 29.3 Å². The van der Waals surface area contributed by atoms with E-state index in [-0.39, 0.29) is 31.4 Å². The van der Waals surface area contributed by atoms with E-state index in [2.05, 4.69) is 15.9 Å². The van der Waals surface area contributed by atoms with Crippen molar-refractivity contribution in [1.82, 2.24) is 4.90 Å². The minimum atomic E-state index is -0.529. The van der Waals surface area contributed by atoms with E-state index < -0.39 is 6.10 Å². The van der Waals surface area contributed by atoms with E-state index in [4.69, 9.17) is 27.9 Å². The molecule has 0 saturated carbocycles. The molecule has 4 nitrogen and oxygen atoms in total. The number of piperazine rings is 1. The summed E-state index contributed by atoms with van der Waals surface area (Å²) in [7, 11) is 0. The Kier molecular flexibility index (Phi) is 10.9. The lowest BCUT2D eigenvalue weighted by Crippen LogP contribution is -2.49. The largest absolute Gasteiger partial charge is 0.491 e. The number of benzene rings is 2. The average molecular weight is 482 g/mol. The minimum Gasteiger partial charge on any atom is -0.491 e. The first-order valence-electron chi connectivity index (χ1n) is 9.23. The predicted octanol–water partition coefficient (Wildman–Crippen LogP) is 5.02. The van der Waals surface area contributed by atoms with E-state index in [1.54, 1.807) is 0 Å². The summed E-state index contributed by atoms with van der Waals surface area (Å²) in [5.74, 6) is 0.749. The Balaban J connectivity index is 0.00000210. The number of β-amino-alcohol motifs (C(OH)–C–C–N with tert-alkyl or cyclic N) is 1. The molecule has 3 rings (SSSR count). The average Bonchev–Trinajstić information content (AvgIpc) is 2.65. The molecule has 0 aromatic heterocycles. The molecule has 1 aliphatic heterocycles. The van der Waals surface area contributed by atoms with Gasteiger partial charge in [0, 0.05) is 48.5 Å². The number of ether oxygens (including phenoxy) is 1. The Morgan fingerprint density at radius 1 is 1.00 bits per heavy atom. The van der Waals surface area contributed by atoms with Crippen molar-refractivity contribution in [3.05, 3.63) is 57.6 Å². The highest BCUT2D eigenvalue weighted by molar-refractivity contribution is 6.32. The smallest absolute Gasteiger partial charge is 0.120 e. The van der Waals surface area contributed by atoms with Crippen molar-refractivity contribution in [2.24, 2.45) is 0 Å². The van der Waals surface area contributed by atoms with E-state index in [1.807, 2.05) is 44.2 Å². The van der Waals surface area contributed by atoms with Gasteiger partial charge in [0.15, 0.2) is 0 Å². The monoisotopic (exact) mass is 480 g/mol. The third kappa shape index (κ3) is 7.39. The molecule has 0 radical (unpaired) electrons. The third-order valence-electron chi connectivity index (χ3n) is 4.87. The van der Waals surface area contributed by atoms with Crippen molar-refractivity contribution in [3.63, 3.8) is 0 Å². The van der Waals surface area contributed by atoms with Crippen LogP contribution < -0.4 is 9.64 Å². The lowest BCUT2D eigenvalue weighted by atomic mass is 10.1. The zero-order chi connectivity index (χ0) is 19.4. The predicted molar refractivity (Wildman–Crippen MR) is 127 cm³/mol.